The highest BCUT2D eigenvalue weighted by Gasteiger charge is 2.06. The van der Waals surface area contributed by atoms with Crippen molar-refractivity contribution in [2.45, 2.75) is 26.9 Å². The summed E-state index contributed by atoms with van der Waals surface area (Å²) in [6, 6.07) is 12.2. The highest BCUT2D eigenvalue weighted by atomic mass is 127. The maximum absolute atomic E-state index is 5.82. The molecule has 3 rings (SSSR count). The van der Waals surface area contributed by atoms with Gasteiger partial charge in [0.25, 0.3) is 0 Å². The Morgan fingerprint density at radius 1 is 1.15 bits per heavy atom. The van der Waals surface area contributed by atoms with Crippen molar-refractivity contribution in [1.29, 1.82) is 0 Å². The van der Waals surface area contributed by atoms with Crippen molar-refractivity contribution in [3.8, 4) is 11.3 Å². The van der Waals surface area contributed by atoms with Gasteiger partial charge in [0, 0.05) is 37.6 Å². The smallest absolute Gasteiger partial charge is 0.216 e. The summed E-state index contributed by atoms with van der Waals surface area (Å²) in [5, 5.41) is 6.56. The minimum atomic E-state index is 0. The van der Waals surface area contributed by atoms with E-state index in [1.54, 1.807) is 6.20 Å². The largest absolute Gasteiger partial charge is 0.439 e. The Morgan fingerprint density at radius 2 is 1.89 bits per heavy atom. The molecule has 0 amide bonds. The third-order valence-corrected chi connectivity index (χ3v) is 3.93. The minimum absolute atomic E-state index is 0. The van der Waals surface area contributed by atoms with Crippen LogP contribution in [0.4, 0.5) is 0 Å². The zero-order valence-electron chi connectivity index (χ0n) is 15.7. The average molecular weight is 479 g/mol. The van der Waals surface area contributed by atoms with Crippen LogP contribution < -0.4 is 10.6 Å². The van der Waals surface area contributed by atoms with E-state index in [4.69, 9.17) is 4.42 Å². The third-order valence-electron chi connectivity index (χ3n) is 3.93. The third kappa shape index (κ3) is 6.42. The molecule has 0 fully saturated rings. The molecular weight excluding hydrogens is 453 g/mol. The molecule has 144 valence electrons. The summed E-state index contributed by atoms with van der Waals surface area (Å²) in [6.45, 7) is 6.98. The van der Waals surface area contributed by atoms with Crippen LogP contribution in [0.15, 0.2) is 64.4 Å². The van der Waals surface area contributed by atoms with Gasteiger partial charge in [-0.15, -0.1) is 24.0 Å². The van der Waals surface area contributed by atoms with E-state index < -0.39 is 0 Å². The number of aromatic nitrogens is 2. The van der Waals surface area contributed by atoms with Crippen LogP contribution in [-0.4, -0.2) is 28.6 Å². The number of guanidine groups is 1. The minimum Gasteiger partial charge on any atom is -0.439 e. The Balaban J connectivity index is 0.00000261. The van der Waals surface area contributed by atoms with Gasteiger partial charge < -0.3 is 19.6 Å². The van der Waals surface area contributed by atoms with Gasteiger partial charge >= 0.3 is 0 Å². The van der Waals surface area contributed by atoms with Gasteiger partial charge in [-0.1, -0.05) is 29.8 Å². The van der Waals surface area contributed by atoms with Crippen molar-refractivity contribution in [3.63, 3.8) is 0 Å². The van der Waals surface area contributed by atoms with E-state index in [0.717, 1.165) is 36.9 Å². The van der Waals surface area contributed by atoms with Crippen molar-refractivity contribution < 1.29 is 4.42 Å². The van der Waals surface area contributed by atoms with Gasteiger partial charge in [0.2, 0.25) is 5.89 Å². The van der Waals surface area contributed by atoms with E-state index in [0.29, 0.717) is 12.4 Å². The molecule has 0 atom stereocenters. The fourth-order valence-electron chi connectivity index (χ4n) is 2.55. The fraction of sp³-hybridized carbons (Fsp3) is 0.300. The molecule has 0 spiro atoms. The van der Waals surface area contributed by atoms with Crippen molar-refractivity contribution in [1.82, 2.24) is 20.2 Å². The Morgan fingerprint density at radius 3 is 2.59 bits per heavy atom. The second-order valence-electron chi connectivity index (χ2n) is 6.03. The summed E-state index contributed by atoms with van der Waals surface area (Å²) in [6.07, 6.45) is 5.85. The molecule has 7 heteroatoms. The van der Waals surface area contributed by atoms with E-state index in [-0.39, 0.29) is 24.0 Å². The molecule has 6 nitrogen and oxygen atoms in total. The number of benzene rings is 1. The number of halogens is 1. The first kappa shape index (κ1) is 21.0. The van der Waals surface area contributed by atoms with Gasteiger partial charge in [-0.25, -0.2) is 9.98 Å². The van der Waals surface area contributed by atoms with Crippen molar-refractivity contribution in [2.75, 3.05) is 13.1 Å². The normalized spacial score (nSPS) is 11.1. The summed E-state index contributed by atoms with van der Waals surface area (Å²) in [5.41, 5.74) is 2.24. The lowest BCUT2D eigenvalue weighted by atomic mass is 10.1. The molecule has 0 bridgehead atoms. The lowest BCUT2D eigenvalue weighted by molar-refractivity contribution is 0.509. The molecule has 0 saturated carbocycles. The van der Waals surface area contributed by atoms with E-state index >= 15 is 0 Å². The number of nitrogens with zero attached hydrogens (tertiary/aromatic N) is 3. The van der Waals surface area contributed by atoms with E-state index in [9.17, 15) is 0 Å². The van der Waals surface area contributed by atoms with Crippen molar-refractivity contribution in [3.05, 3.63) is 66.4 Å². The number of aryl methyl sites for hydroxylation is 1. The summed E-state index contributed by atoms with van der Waals surface area (Å²) >= 11 is 0. The van der Waals surface area contributed by atoms with Gasteiger partial charge in [0.05, 0.1) is 6.20 Å². The molecule has 2 N–H and O–H groups in total. The molecule has 2 heterocycles. The second-order valence-corrected chi connectivity index (χ2v) is 6.03. The van der Waals surface area contributed by atoms with Gasteiger partial charge in [0.1, 0.15) is 6.54 Å². The monoisotopic (exact) mass is 479 g/mol. The second kappa shape index (κ2) is 10.8. The quantitative estimate of drug-likeness (QED) is 0.307. The van der Waals surface area contributed by atoms with Crippen LogP contribution >= 0.6 is 24.0 Å². The first-order valence-corrected chi connectivity index (χ1v) is 8.89. The number of rotatable bonds is 7. The lowest BCUT2D eigenvalue weighted by Gasteiger charge is -2.11. The van der Waals surface area contributed by atoms with Crippen LogP contribution in [0, 0.1) is 6.92 Å². The van der Waals surface area contributed by atoms with Gasteiger partial charge in [-0.3, -0.25) is 0 Å². The highest BCUT2D eigenvalue weighted by Crippen LogP contribution is 2.20. The lowest BCUT2D eigenvalue weighted by Crippen LogP contribution is -2.38. The highest BCUT2D eigenvalue weighted by molar-refractivity contribution is 14.0. The molecule has 3 aromatic rings. The standard InChI is InChI=1S/C20H25N5O.HI/c1-3-21-20(22-10-13-25-11-4-5-12-25)24-15-19-23-14-18(26-19)17-8-6-16(2)7-9-17;/h4-9,11-12,14H,3,10,13,15H2,1-2H3,(H2,21,22,24);1H. The molecular formula is C20H26IN5O. The number of hydrogen-bond acceptors (Lipinski definition) is 3. The molecule has 0 radical (unpaired) electrons. The van der Waals surface area contributed by atoms with Crippen LogP contribution in [0.1, 0.15) is 18.4 Å². The van der Waals surface area contributed by atoms with Crippen LogP contribution in [0.3, 0.4) is 0 Å². The Bertz CT molecular complexity index is 824. The molecule has 0 aliphatic heterocycles. The fourth-order valence-corrected chi connectivity index (χ4v) is 2.55. The number of aliphatic imine (C=N–C) groups is 1. The first-order valence-electron chi connectivity index (χ1n) is 8.89. The maximum atomic E-state index is 5.82. The van der Waals surface area contributed by atoms with Crippen LogP contribution in [0.2, 0.25) is 0 Å². The summed E-state index contributed by atoms with van der Waals surface area (Å²) in [4.78, 5) is 8.89. The predicted octanol–water partition coefficient (Wildman–Crippen LogP) is 3.82. The van der Waals surface area contributed by atoms with Crippen LogP contribution in [0.25, 0.3) is 11.3 Å². The zero-order chi connectivity index (χ0) is 18.2. The van der Waals surface area contributed by atoms with E-state index in [1.165, 1.54) is 5.56 Å². The Labute approximate surface area is 177 Å². The predicted molar refractivity (Wildman–Crippen MR) is 119 cm³/mol. The summed E-state index contributed by atoms with van der Waals surface area (Å²) in [7, 11) is 0. The molecule has 0 aliphatic carbocycles. The van der Waals surface area contributed by atoms with E-state index in [2.05, 4.69) is 44.2 Å². The maximum Gasteiger partial charge on any atom is 0.216 e. The number of nitrogens with one attached hydrogen (secondary N) is 2. The first-order chi connectivity index (χ1) is 12.7. The van der Waals surface area contributed by atoms with Crippen LogP contribution in [0.5, 0.6) is 0 Å². The summed E-state index contributed by atoms with van der Waals surface area (Å²) in [5.74, 6) is 2.12. The molecule has 0 saturated heterocycles. The zero-order valence-corrected chi connectivity index (χ0v) is 18.0. The Hall–Kier alpha value is -2.29. The average Bonchev–Trinajstić information content (AvgIpc) is 3.32. The Kier molecular flexibility index (Phi) is 8.38. The number of hydrogen-bond donors (Lipinski definition) is 2. The van der Waals surface area contributed by atoms with Crippen molar-refractivity contribution in [2.24, 2.45) is 4.99 Å². The molecule has 0 unspecified atom stereocenters. The SMILES string of the molecule is CCNC(=NCc1ncc(-c2ccc(C)cc2)o1)NCCn1cccc1.I. The molecule has 2 aromatic heterocycles. The van der Waals surface area contributed by atoms with Crippen LogP contribution in [-0.2, 0) is 13.1 Å². The molecule has 27 heavy (non-hydrogen) atoms. The van der Waals surface area contributed by atoms with Gasteiger partial charge in [0.15, 0.2) is 11.7 Å². The van der Waals surface area contributed by atoms with Gasteiger partial charge in [-0.05, 0) is 26.0 Å². The summed E-state index contributed by atoms with van der Waals surface area (Å²) < 4.78 is 7.95. The topological polar surface area (TPSA) is 67.4 Å². The van der Waals surface area contributed by atoms with Gasteiger partial charge in [-0.2, -0.15) is 0 Å². The van der Waals surface area contributed by atoms with E-state index in [1.807, 2.05) is 43.6 Å². The van der Waals surface area contributed by atoms with Crippen molar-refractivity contribution >= 4 is 29.9 Å². The molecule has 1 aromatic carbocycles. The molecule has 0 aliphatic rings. The number of oxazole rings is 1.